The summed E-state index contributed by atoms with van der Waals surface area (Å²) in [4.78, 5) is 29.3. The van der Waals surface area contributed by atoms with Gasteiger partial charge in [0.1, 0.15) is 11.8 Å². The molecule has 4 rings (SSSR count). The molecule has 9 heteroatoms. The zero-order valence-electron chi connectivity index (χ0n) is 15.8. The smallest absolute Gasteiger partial charge is 0.252 e. The van der Waals surface area contributed by atoms with E-state index in [0.29, 0.717) is 28.2 Å². The van der Waals surface area contributed by atoms with Gasteiger partial charge in [0.05, 0.1) is 19.2 Å². The summed E-state index contributed by atoms with van der Waals surface area (Å²) in [6.07, 6.45) is -0.0840. The van der Waals surface area contributed by atoms with Crippen LogP contribution in [0, 0.1) is 6.92 Å². The van der Waals surface area contributed by atoms with E-state index >= 15 is 0 Å². The lowest BCUT2D eigenvalue weighted by molar-refractivity contribution is -0.123. The molecule has 148 valence electrons. The van der Waals surface area contributed by atoms with Crippen molar-refractivity contribution in [3.05, 3.63) is 53.1 Å². The number of halogens is 1. The Balaban J connectivity index is 1.53. The van der Waals surface area contributed by atoms with Gasteiger partial charge in [-0.25, -0.2) is 4.68 Å². The number of nitrogens with zero attached hydrogens (tertiary/aromatic N) is 3. The van der Waals surface area contributed by atoms with Crippen molar-refractivity contribution in [2.24, 2.45) is 0 Å². The van der Waals surface area contributed by atoms with Gasteiger partial charge >= 0.3 is 0 Å². The molecule has 8 nitrogen and oxygen atoms in total. The number of aryl methyl sites for hydroxylation is 1. The SMILES string of the molecule is COc1ccc(C)cc1NC(=O)C[C@@H]1C(=O)Nc2nc(-c3ccc(Cl)cc3)nn21. The maximum absolute atomic E-state index is 12.6. The van der Waals surface area contributed by atoms with Crippen LogP contribution >= 0.6 is 11.6 Å². The van der Waals surface area contributed by atoms with Crippen LogP contribution < -0.4 is 15.4 Å². The van der Waals surface area contributed by atoms with E-state index in [9.17, 15) is 9.59 Å². The molecule has 0 saturated heterocycles. The van der Waals surface area contributed by atoms with E-state index in [1.165, 1.54) is 11.8 Å². The van der Waals surface area contributed by atoms with Crippen molar-refractivity contribution >= 4 is 35.1 Å². The van der Waals surface area contributed by atoms with Crippen molar-refractivity contribution < 1.29 is 14.3 Å². The van der Waals surface area contributed by atoms with Gasteiger partial charge in [0, 0.05) is 10.6 Å². The summed E-state index contributed by atoms with van der Waals surface area (Å²) < 4.78 is 6.72. The molecule has 2 aromatic carbocycles. The molecule has 2 heterocycles. The summed E-state index contributed by atoms with van der Waals surface area (Å²) in [5, 5.41) is 10.5. The zero-order chi connectivity index (χ0) is 20.5. The van der Waals surface area contributed by atoms with Crippen LogP contribution in [0.25, 0.3) is 11.4 Å². The second-order valence-corrected chi connectivity index (χ2v) is 7.11. The highest BCUT2D eigenvalue weighted by Crippen LogP contribution is 2.30. The summed E-state index contributed by atoms with van der Waals surface area (Å²) in [7, 11) is 1.53. The van der Waals surface area contributed by atoms with E-state index in [1.54, 1.807) is 30.3 Å². The fourth-order valence-corrected chi connectivity index (χ4v) is 3.25. The zero-order valence-corrected chi connectivity index (χ0v) is 16.5. The van der Waals surface area contributed by atoms with Gasteiger partial charge in [-0.1, -0.05) is 17.7 Å². The van der Waals surface area contributed by atoms with E-state index in [2.05, 4.69) is 20.7 Å². The number of amides is 2. The first kappa shape index (κ1) is 18.9. The second kappa shape index (κ2) is 7.56. The van der Waals surface area contributed by atoms with Crippen molar-refractivity contribution in [3.63, 3.8) is 0 Å². The molecule has 0 spiro atoms. The Labute approximate surface area is 171 Å². The Morgan fingerprint density at radius 1 is 1.28 bits per heavy atom. The monoisotopic (exact) mass is 411 g/mol. The van der Waals surface area contributed by atoms with Crippen LogP contribution in [0.4, 0.5) is 11.6 Å². The predicted octanol–water partition coefficient (Wildman–Crippen LogP) is 3.44. The number of carbonyl (C=O) groups is 2. The van der Waals surface area contributed by atoms with E-state index < -0.39 is 6.04 Å². The lowest BCUT2D eigenvalue weighted by Gasteiger charge is -2.13. The fraction of sp³-hybridized carbons (Fsp3) is 0.200. The lowest BCUT2D eigenvalue weighted by atomic mass is 10.1. The van der Waals surface area contributed by atoms with Crippen molar-refractivity contribution in [2.75, 3.05) is 17.7 Å². The number of ether oxygens (including phenoxy) is 1. The molecule has 29 heavy (non-hydrogen) atoms. The Hall–Kier alpha value is -3.39. The molecule has 0 aliphatic carbocycles. The van der Waals surface area contributed by atoms with Gasteiger partial charge in [-0.15, -0.1) is 5.10 Å². The standard InChI is InChI=1S/C20H18ClN5O3/c1-11-3-8-16(29-2)14(9-11)22-17(27)10-15-19(28)24-20-23-18(25-26(15)20)12-4-6-13(21)7-5-12/h3-9,15H,10H2,1-2H3,(H,22,27)(H,23,24,25,28)/t15-/m1/s1. The molecule has 1 aromatic heterocycles. The molecule has 0 fully saturated rings. The highest BCUT2D eigenvalue weighted by Gasteiger charge is 2.35. The number of hydrogen-bond donors (Lipinski definition) is 2. The topological polar surface area (TPSA) is 98.1 Å². The summed E-state index contributed by atoms with van der Waals surface area (Å²) in [6, 6.07) is 11.8. The van der Waals surface area contributed by atoms with Crippen molar-refractivity contribution in [3.8, 4) is 17.1 Å². The number of anilines is 2. The minimum atomic E-state index is -0.783. The third kappa shape index (κ3) is 3.79. The van der Waals surface area contributed by atoms with Gasteiger partial charge in [0.25, 0.3) is 5.91 Å². The van der Waals surface area contributed by atoms with Crippen molar-refractivity contribution in [1.82, 2.24) is 14.8 Å². The van der Waals surface area contributed by atoms with Crippen LogP contribution in [-0.4, -0.2) is 33.7 Å². The number of aromatic nitrogens is 3. The molecule has 1 atom stereocenters. The number of carbonyl (C=O) groups excluding carboxylic acids is 2. The van der Waals surface area contributed by atoms with E-state index in [-0.39, 0.29) is 18.2 Å². The Kier molecular flexibility index (Phi) is 4.94. The fourth-order valence-electron chi connectivity index (χ4n) is 3.13. The lowest BCUT2D eigenvalue weighted by Crippen LogP contribution is -2.24. The number of methoxy groups -OCH3 is 1. The summed E-state index contributed by atoms with van der Waals surface area (Å²) in [5.74, 6) is 0.652. The quantitative estimate of drug-likeness (QED) is 0.670. The Morgan fingerprint density at radius 2 is 2.03 bits per heavy atom. The third-order valence-corrected chi connectivity index (χ3v) is 4.83. The average Bonchev–Trinajstić information content (AvgIpc) is 3.21. The second-order valence-electron chi connectivity index (χ2n) is 6.67. The molecule has 3 aromatic rings. The molecule has 1 aliphatic heterocycles. The summed E-state index contributed by atoms with van der Waals surface area (Å²) in [6.45, 7) is 1.92. The number of benzene rings is 2. The van der Waals surface area contributed by atoms with E-state index in [4.69, 9.17) is 16.3 Å². The molecule has 1 aliphatic rings. The van der Waals surface area contributed by atoms with Gasteiger partial charge in [0.2, 0.25) is 11.9 Å². The molecule has 0 bridgehead atoms. The van der Waals surface area contributed by atoms with Crippen LogP contribution in [0.15, 0.2) is 42.5 Å². The van der Waals surface area contributed by atoms with Crippen LogP contribution in [0.1, 0.15) is 18.0 Å². The Morgan fingerprint density at radius 3 is 2.76 bits per heavy atom. The van der Waals surface area contributed by atoms with Crippen molar-refractivity contribution in [2.45, 2.75) is 19.4 Å². The van der Waals surface area contributed by atoms with Crippen LogP contribution in [-0.2, 0) is 9.59 Å². The minimum Gasteiger partial charge on any atom is -0.495 e. The molecule has 2 N–H and O–H groups in total. The van der Waals surface area contributed by atoms with Gasteiger partial charge in [-0.05, 0) is 48.9 Å². The largest absolute Gasteiger partial charge is 0.495 e. The molecular formula is C20H18ClN5O3. The van der Waals surface area contributed by atoms with Crippen LogP contribution in [0.2, 0.25) is 5.02 Å². The first-order valence-corrected chi connectivity index (χ1v) is 9.30. The first-order chi connectivity index (χ1) is 13.9. The van der Waals surface area contributed by atoms with E-state index in [0.717, 1.165) is 11.1 Å². The molecule has 0 radical (unpaired) electrons. The highest BCUT2D eigenvalue weighted by molar-refractivity contribution is 6.30. The van der Waals surface area contributed by atoms with Gasteiger partial charge in [-0.2, -0.15) is 4.98 Å². The maximum atomic E-state index is 12.6. The molecule has 2 amide bonds. The number of rotatable bonds is 5. The van der Waals surface area contributed by atoms with Crippen LogP contribution in [0.5, 0.6) is 5.75 Å². The number of nitrogens with one attached hydrogen (secondary N) is 2. The predicted molar refractivity (Wildman–Crippen MR) is 109 cm³/mol. The molecule has 0 unspecified atom stereocenters. The van der Waals surface area contributed by atoms with E-state index in [1.807, 2.05) is 19.1 Å². The van der Waals surface area contributed by atoms with Gasteiger partial charge in [-0.3, -0.25) is 14.9 Å². The summed E-state index contributed by atoms with van der Waals surface area (Å²) in [5.41, 5.74) is 2.29. The third-order valence-electron chi connectivity index (χ3n) is 4.57. The number of hydrogen-bond acceptors (Lipinski definition) is 5. The molecule has 0 saturated carbocycles. The Bertz CT molecular complexity index is 1090. The van der Waals surface area contributed by atoms with Crippen molar-refractivity contribution in [1.29, 1.82) is 0 Å². The normalized spacial score (nSPS) is 15.0. The molecular weight excluding hydrogens is 394 g/mol. The number of fused-ring (bicyclic) bond motifs is 1. The highest BCUT2D eigenvalue weighted by atomic mass is 35.5. The summed E-state index contributed by atoms with van der Waals surface area (Å²) >= 11 is 5.92. The minimum absolute atomic E-state index is 0.0840. The average molecular weight is 412 g/mol. The first-order valence-electron chi connectivity index (χ1n) is 8.92. The van der Waals surface area contributed by atoms with Gasteiger partial charge < -0.3 is 10.1 Å². The van der Waals surface area contributed by atoms with Crippen LogP contribution in [0.3, 0.4) is 0 Å². The van der Waals surface area contributed by atoms with Gasteiger partial charge in [0.15, 0.2) is 5.82 Å². The maximum Gasteiger partial charge on any atom is 0.252 e.